The second-order valence-electron chi connectivity index (χ2n) is 9.56. The van der Waals surface area contributed by atoms with Gasteiger partial charge in [0, 0.05) is 0 Å². The fraction of sp³-hybridized carbons (Fsp3) is 0.407. The average Bonchev–Trinajstić information content (AvgIpc) is 3.72. The van der Waals surface area contributed by atoms with Gasteiger partial charge in [0.25, 0.3) is 0 Å². The van der Waals surface area contributed by atoms with Gasteiger partial charge in [0.15, 0.2) is 17.0 Å². The van der Waals surface area contributed by atoms with Gasteiger partial charge in [-0.25, -0.2) is 20.0 Å². The molecule has 0 saturated carbocycles. The molecule has 1 aliphatic rings. The summed E-state index contributed by atoms with van der Waals surface area (Å²) >= 11 is 0. The van der Waals surface area contributed by atoms with E-state index in [0.717, 1.165) is 18.6 Å². The van der Waals surface area contributed by atoms with Crippen molar-refractivity contribution in [2.75, 3.05) is 11.9 Å². The van der Waals surface area contributed by atoms with Crippen molar-refractivity contribution in [3.8, 4) is 5.75 Å². The molecule has 5 rings (SSSR count). The predicted octanol–water partition coefficient (Wildman–Crippen LogP) is 4.96. The number of aromatic nitrogens is 4. The number of fused-ring (bicyclic) bond motifs is 1. The molecular formula is C27H33N6O6P. The highest BCUT2D eigenvalue weighted by Crippen LogP contribution is 2.38. The molecule has 4 atom stereocenters. The Kier molecular flexibility index (Phi) is 9.22. The average molecular weight is 569 g/mol. The number of nitrogens with zero attached hydrogens (tertiary/aromatic N) is 4. The number of hydrogen-bond acceptors (Lipinski definition) is 11. The van der Waals surface area contributed by atoms with Crippen LogP contribution in [-0.4, -0.2) is 50.3 Å². The molecule has 0 bridgehead atoms. The molecule has 2 N–H and O–H groups in total. The van der Waals surface area contributed by atoms with Crippen molar-refractivity contribution < 1.29 is 27.7 Å². The van der Waals surface area contributed by atoms with Crippen molar-refractivity contribution in [1.82, 2.24) is 24.6 Å². The number of imidazole rings is 1. The number of ether oxygens (including phenoxy) is 2. The minimum absolute atomic E-state index is 0.176. The van der Waals surface area contributed by atoms with E-state index in [2.05, 4.69) is 25.4 Å². The van der Waals surface area contributed by atoms with E-state index in [4.69, 9.17) is 22.9 Å². The monoisotopic (exact) mass is 568 g/mol. The summed E-state index contributed by atoms with van der Waals surface area (Å²) in [5, 5.41) is 6.39. The van der Waals surface area contributed by atoms with Crippen molar-refractivity contribution in [1.29, 1.82) is 0 Å². The molecule has 0 aliphatic carbocycles. The number of anilines is 1. The van der Waals surface area contributed by atoms with Gasteiger partial charge in [-0.3, -0.25) is 9.36 Å². The van der Waals surface area contributed by atoms with E-state index in [0.29, 0.717) is 29.3 Å². The summed E-state index contributed by atoms with van der Waals surface area (Å²) in [6, 6.07) is 12.5. The molecular weight excluding hydrogens is 535 g/mol. The summed E-state index contributed by atoms with van der Waals surface area (Å²) in [5.41, 5.74) is 1.33. The first-order chi connectivity index (χ1) is 19.5. The third-order valence-electron chi connectivity index (χ3n) is 6.08. The van der Waals surface area contributed by atoms with Crippen molar-refractivity contribution in [3.05, 3.63) is 67.1 Å². The van der Waals surface area contributed by atoms with Gasteiger partial charge in [-0.1, -0.05) is 18.2 Å². The van der Waals surface area contributed by atoms with Crippen LogP contribution in [0.25, 0.3) is 11.2 Å². The highest BCUT2D eigenvalue weighted by Gasteiger charge is 2.31. The van der Waals surface area contributed by atoms with Crippen molar-refractivity contribution in [3.63, 3.8) is 0 Å². The van der Waals surface area contributed by atoms with Crippen LogP contribution < -0.4 is 14.9 Å². The van der Waals surface area contributed by atoms with Crippen LogP contribution in [0.4, 0.5) is 5.82 Å². The minimum atomic E-state index is -1.65. The van der Waals surface area contributed by atoms with Gasteiger partial charge < -0.3 is 28.3 Å². The van der Waals surface area contributed by atoms with Crippen molar-refractivity contribution in [2.45, 2.75) is 64.6 Å². The number of nitrogens with one attached hydrogen (secondary N) is 2. The molecule has 1 aliphatic heterocycles. The Morgan fingerprint density at radius 2 is 1.98 bits per heavy atom. The van der Waals surface area contributed by atoms with Crippen LogP contribution in [-0.2, 0) is 25.3 Å². The first-order valence-corrected chi connectivity index (χ1v) is 14.4. The lowest BCUT2D eigenvalue weighted by molar-refractivity contribution is -0.149. The van der Waals surface area contributed by atoms with Gasteiger partial charge >= 0.3 is 14.5 Å². The molecule has 12 nitrogen and oxygen atoms in total. The van der Waals surface area contributed by atoms with Crippen LogP contribution in [0.2, 0.25) is 0 Å². The molecule has 4 aromatic rings. The molecule has 1 aromatic carbocycles. The van der Waals surface area contributed by atoms with Crippen LogP contribution in [0, 0.1) is 0 Å². The Morgan fingerprint density at radius 3 is 2.75 bits per heavy atom. The Hall–Kier alpha value is -3.57. The first-order valence-electron chi connectivity index (χ1n) is 13.2. The summed E-state index contributed by atoms with van der Waals surface area (Å²) in [5.74, 6) is 1.69. The highest BCUT2D eigenvalue weighted by molar-refractivity contribution is 7.45. The van der Waals surface area contributed by atoms with Crippen LogP contribution in [0.3, 0.4) is 0 Å². The van der Waals surface area contributed by atoms with E-state index < -0.39 is 14.6 Å². The van der Waals surface area contributed by atoms with Crippen LogP contribution in [0.1, 0.15) is 45.6 Å². The van der Waals surface area contributed by atoms with Gasteiger partial charge in [0.05, 0.1) is 38.0 Å². The minimum Gasteiger partial charge on any atom is -0.467 e. The van der Waals surface area contributed by atoms with E-state index in [1.54, 1.807) is 19.5 Å². The Labute approximate surface area is 233 Å². The molecule has 0 amide bonds. The van der Waals surface area contributed by atoms with Gasteiger partial charge in [-0.05, 0) is 57.9 Å². The second kappa shape index (κ2) is 13.2. The number of carbonyl (C=O) groups is 1. The molecule has 1 saturated heterocycles. The molecule has 1 fully saturated rings. The molecule has 3 unspecified atom stereocenters. The molecule has 40 heavy (non-hydrogen) atoms. The zero-order chi connectivity index (χ0) is 27.9. The lowest BCUT2D eigenvalue weighted by atomic mass is 10.2. The van der Waals surface area contributed by atoms with E-state index in [9.17, 15) is 4.79 Å². The third kappa shape index (κ3) is 7.14. The third-order valence-corrected chi connectivity index (χ3v) is 7.44. The van der Waals surface area contributed by atoms with Crippen molar-refractivity contribution in [2.24, 2.45) is 0 Å². The van der Waals surface area contributed by atoms with Gasteiger partial charge in [-0.2, -0.15) is 0 Å². The van der Waals surface area contributed by atoms with E-state index in [1.165, 1.54) is 6.33 Å². The number of hydrogen-bond donors (Lipinski definition) is 2. The number of esters is 1. The zero-order valence-electron chi connectivity index (χ0n) is 22.6. The molecule has 3 aromatic heterocycles. The first kappa shape index (κ1) is 28.0. The maximum atomic E-state index is 12.4. The quantitative estimate of drug-likeness (QED) is 0.167. The Morgan fingerprint density at radius 1 is 1.12 bits per heavy atom. The molecule has 4 heterocycles. The van der Waals surface area contributed by atoms with Gasteiger partial charge in [0.2, 0.25) is 0 Å². The smallest absolute Gasteiger partial charge is 0.323 e. The summed E-state index contributed by atoms with van der Waals surface area (Å²) in [7, 11) is -1.65. The predicted molar refractivity (Wildman–Crippen MR) is 148 cm³/mol. The standard InChI is InChI=1S/C27H33N6O6P/c1-18(2)37-27(34)19(3)32-40(39-20-8-5-4-6-9-20)36-15-22-11-12-23(38-22)33-17-31-24-25(29-16-30-26(24)33)28-14-21-10-7-13-35-21/h4-10,13,16-19,22-23,32H,11-12,14-15H2,1-3H3,(H,28,29,30)/t19-,22?,23?,40?/m0/s1. The number of carbonyl (C=O) groups excluding carboxylic acids is 1. The van der Waals surface area contributed by atoms with Gasteiger partial charge in [-0.15, -0.1) is 0 Å². The normalized spacial score (nSPS) is 18.6. The summed E-state index contributed by atoms with van der Waals surface area (Å²) in [6.07, 6.45) is 5.76. The van der Waals surface area contributed by atoms with E-state index >= 15 is 0 Å². The number of furan rings is 1. The van der Waals surface area contributed by atoms with Crippen molar-refractivity contribution >= 4 is 31.5 Å². The lowest BCUT2D eigenvalue weighted by Crippen LogP contribution is -2.35. The summed E-state index contributed by atoms with van der Waals surface area (Å²) in [6.45, 7) is 6.12. The van der Waals surface area contributed by atoms with Crippen LogP contribution >= 0.6 is 8.53 Å². The van der Waals surface area contributed by atoms with E-state index in [-0.39, 0.29) is 31.0 Å². The summed E-state index contributed by atoms with van der Waals surface area (Å²) < 4.78 is 31.1. The SMILES string of the molecule is CC(C)OC(=O)[C@H](C)NP(OCC1CCC(n2cnc3c(NCc4ccco4)ncnc32)O1)Oc1ccccc1. The van der Waals surface area contributed by atoms with E-state index in [1.807, 2.05) is 60.9 Å². The van der Waals surface area contributed by atoms with Crippen LogP contribution in [0.5, 0.6) is 5.75 Å². The number of para-hydroxylation sites is 1. The molecule has 13 heteroatoms. The number of rotatable bonds is 13. The zero-order valence-corrected chi connectivity index (χ0v) is 23.5. The maximum Gasteiger partial charge on any atom is 0.323 e. The Balaban J connectivity index is 1.20. The lowest BCUT2D eigenvalue weighted by Gasteiger charge is -2.23. The number of benzene rings is 1. The fourth-order valence-electron chi connectivity index (χ4n) is 4.15. The summed E-state index contributed by atoms with van der Waals surface area (Å²) in [4.78, 5) is 25.7. The largest absolute Gasteiger partial charge is 0.467 e. The van der Waals surface area contributed by atoms with Gasteiger partial charge in [0.1, 0.15) is 30.1 Å². The highest BCUT2D eigenvalue weighted by atomic mass is 31.2. The fourth-order valence-corrected chi connectivity index (χ4v) is 5.37. The molecule has 0 spiro atoms. The second-order valence-corrected chi connectivity index (χ2v) is 10.8. The van der Waals surface area contributed by atoms with Crippen LogP contribution in [0.15, 0.2) is 65.8 Å². The maximum absolute atomic E-state index is 12.4. The topological polar surface area (TPSA) is 135 Å². The molecule has 0 radical (unpaired) electrons. The molecule has 212 valence electrons. The Bertz CT molecular complexity index is 1370.